The Morgan fingerprint density at radius 3 is 2.15 bits per heavy atom. The lowest BCUT2D eigenvalue weighted by molar-refractivity contribution is 0.381. The maximum Gasteiger partial charge on any atom is 0.0965 e. The van der Waals surface area contributed by atoms with E-state index >= 15 is 0 Å². The minimum absolute atomic E-state index is 0.0408. The van der Waals surface area contributed by atoms with Crippen LogP contribution >= 0.6 is 0 Å². The molecule has 0 aliphatic heterocycles. The van der Waals surface area contributed by atoms with Crippen LogP contribution in [0.4, 0.5) is 0 Å². The second kappa shape index (κ2) is 12.2. The lowest BCUT2D eigenvalue weighted by Crippen LogP contribution is -2.48. The quantitative estimate of drug-likeness (QED) is 0.493. The van der Waals surface area contributed by atoms with Crippen LogP contribution < -0.4 is 22.1 Å². The minimum atomic E-state index is -0.186. The standard InChI is InChI=1S/C21H36N4.C2H4/c1-7-17(20(23)24-6)19(22)18(13-16-11-9-8-10-12-16)25-15(2)14-21(3,4)5;1-2/h8-12,18-19,24-25H,2,7,13-14,22-23H2,1,3-6H3;1-2H2/b20-17-;. The van der Waals surface area contributed by atoms with E-state index in [1.54, 1.807) is 0 Å². The lowest BCUT2D eigenvalue weighted by Gasteiger charge is -2.31. The highest BCUT2D eigenvalue weighted by Gasteiger charge is 2.24. The Hall–Kier alpha value is -2.20. The summed E-state index contributed by atoms with van der Waals surface area (Å²) in [4.78, 5) is 0. The van der Waals surface area contributed by atoms with Gasteiger partial charge < -0.3 is 22.1 Å². The molecule has 0 amide bonds. The largest absolute Gasteiger partial charge is 0.386 e. The highest BCUT2D eigenvalue weighted by atomic mass is 15.0. The molecule has 0 heterocycles. The molecule has 0 fully saturated rings. The molecule has 0 saturated heterocycles. The number of hydrogen-bond acceptors (Lipinski definition) is 4. The van der Waals surface area contributed by atoms with Crippen LogP contribution in [-0.4, -0.2) is 19.1 Å². The van der Waals surface area contributed by atoms with Crippen LogP contribution in [0.15, 0.2) is 67.2 Å². The molecule has 4 heteroatoms. The molecule has 6 N–H and O–H groups in total. The van der Waals surface area contributed by atoms with E-state index in [0.717, 1.165) is 30.5 Å². The Labute approximate surface area is 166 Å². The predicted molar refractivity (Wildman–Crippen MR) is 120 cm³/mol. The van der Waals surface area contributed by atoms with Gasteiger partial charge in [-0.1, -0.05) is 64.6 Å². The Bertz CT molecular complexity index is 584. The van der Waals surface area contributed by atoms with E-state index in [2.05, 4.69) is 82.3 Å². The van der Waals surface area contributed by atoms with Gasteiger partial charge in [0.15, 0.2) is 0 Å². The average molecular weight is 373 g/mol. The summed E-state index contributed by atoms with van der Waals surface area (Å²) >= 11 is 0. The van der Waals surface area contributed by atoms with Crippen molar-refractivity contribution in [3.63, 3.8) is 0 Å². The van der Waals surface area contributed by atoms with Crippen molar-refractivity contribution in [3.05, 3.63) is 72.7 Å². The molecule has 4 nitrogen and oxygen atoms in total. The van der Waals surface area contributed by atoms with Gasteiger partial charge in [0.2, 0.25) is 0 Å². The first-order chi connectivity index (χ1) is 12.7. The SMILES string of the molecule is C=C.C=C(CC(C)(C)C)NC(Cc1ccccc1)C(N)/C(CC)=C(/N)NC. The first kappa shape index (κ1) is 24.8. The van der Waals surface area contributed by atoms with Crippen LogP contribution in [0.25, 0.3) is 0 Å². The number of nitrogens with one attached hydrogen (secondary N) is 2. The van der Waals surface area contributed by atoms with E-state index < -0.39 is 0 Å². The fourth-order valence-electron chi connectivity index (χ4n) is 3.10. The van der Waals surface area contributed by atoms with E-state index in [1.807, 2.05) is 13.1 Å². The molecule has 0 aliphatic rings. The summed E-state index contributed by atoms with van der Waals surface area (Å²) in [7, 11) is 1.83. The van der Waals surface area contributed by atoms with Crippen molar-refractivity contribution < 1.29 is 0 Å². The summed E-state index contributed by atoms with van der Waals surface area (Å²) in [5, 5.41) is 6.61. The van der Waals surface area contributed by atoms with Gasteiger partial charge in [0, 0.05) is 24.8 Å². The van der Waals surface area contributed by atoms with Crippen LogP contribution in [0, 0.1) is 5.41 Å². The highest BCUT2D eigenvalue weighted by Crippen LogP contribution is 2.23. The zero-order valence-corrected chi connectivity index (χ0v) is 17.9. The molecular formula is C23H40N4. The lowest BCUT2D eigenvalue weighted by atomic mass is 9.89. The second-order valence-corrected chi connectivity index (χ2v) is 7.85. The third-order valence-corrected chi connectivity index (χ3v) is 4.26. The van der Waals surface area contributed by atoms with Gasteiger partial charge >= 0.3 is 0 Å². The van der Waals surface area contributed by atoms with Gasteiger partial charge in [-0.3, -0.25) is 0 Å². The van der Waals surface area contributed by atoms with Gasteiger partial charge in [0.25, 0.3) is 0 Å². The summed E-state index contributed by atoms with van der Waals surface area (Å²) in [6.07, 6.45) is 2.54. The van der Waals surface area contributed by atoms with Gasteiger partial charge in [-0.05, 0) is 35.8 Å². The van der Waals surface area contributed by atoms with Crippen LogP contribution in [0.2, 0.25) is 0 Å². The third-order valence-electron chi connectivity index (χ3n) is 4.26. The van der Waals surface area contributed by atoms with Crippen molar-refractivity contribution in [3.8, 4) is 0 Å². The van der Waals surface area contributed by atoms with Crippen molar-refractivity contribution >= 4 is 0 Å². The molecule has 0 saturated carbocycles. The van der Waals surface area contributed by atoms with Gasteiger partial charge in [0.05, 0.1) is 5.82 Å². The van der Waals surface area contributed by atoms with Crippen molar-refractivity contribution in [1.82, 2.24) is 10.6 Å². The molecule has 2 atom stereocenters. The minimum Gasteiger partial charge on any atom is -0.386 e. The Kier molecular flexibility index (Phi) is 11.2. The van der Waals surface area contributed by atoms with Crippen molar-refractivity contribution in [1.29, 1.82) is 0 Å². The molecule has 1 aromatic rings. The molecule has 1 aromatic carbocycles. The second-order valence-electron chi connectivity index (χ2n) is 7.85. The van der Waals surface area contributed by atoms with Crippen LogP contribution in [0.1, 0.15) is 46.1 Å². The molecule has 0 aromatic heterocycles. The van der Waals surface area contributed by atoms with Gasteiger partial charge in [-0.25, -0.2) is 0 Å². The number of nitrogens with two attached hydrogens (primary N) is 2. The summed E-state index contributed by atoms with van der Waals surface area (Å²) in [5.41, 5.74) is 16.2. The van der Waals surface area contributed by atoms with Gasteiger partial charge in [-0.15, -0.1) is 13.2 Å². The number of rotatable bonds is 9. The normalized spacial score (nSPS) is 14.1. The maximum absolute atomic E-state index is 6.63. The summed E-state index contributed by atoms with van der Waals surface area (Å²) < 4.78 is 0. The molecule has 0 radical (unpaired) electrons. The molecule has 27 heavy (non-hydrogen) atoms. The van der Waals surface area contributed by atoms with E-state index in [4.69, 9.17) is 11.5 Å². The first-order valence-corrected chi connectivity index (χ1v) is 9.58. The maximum atomic E-state index is 6.63. The zero-order chi connectivity index (χ0) is 21.0. The third kappa shape index (κ3) is 9.34. The van der Waals surface area contributed by atoms with Crippen LogP contribution in [-0.2, 0) is 6.42 Å². The van der Waals surface area contributed by atoms with Crippen molar-refractivity contribution in [2.75, 3.05) is 7.05 Å². The molecular weight excluding hydrogens is 332 g/mol. The van der Waals surface area contributed by atoms with E-state index in [-0.39, 0.29) is 17.5 Å². The van der Waals surface area contributed by atoms with Crippen LogP contribution in [0.5, 0.6) is 0 Å². The topological polar surface area (TPSA) is 76.1 Å². The Morgan fingerprint density at radius 2 is 1.70 bits per heavy atom. The molecule has 0 aliphatic carbocycles. The molecule has 0 spiro atoms. The average Bonchev–Trinajstić information content (AvgIpc) is 2.62. The van der Waals surface area contributed by atoms with Gasteiger partial charge in [-0.2, -0.15) is 0 Å². The molecule has 1 rings (SSSR count). The van der Waals surface area contributed by atoms with Crippen molar-refractivity contribution in [2.45, 2.75) is 59.0 Å². The van der Waals surface area contributed by atoms with Crippen molar-refractivity contribution in [2.24, 2.45) is 16.9 Å². The molecule has 2 unspecified atom stereocenters. The van der Waals surface area contributed by atoms with E-state index in [9.17, 15) is 0 Å². The fraction of sp³-hybridized carbons (Fsp3) is 0.478. The number of allylic oxidation sites excluding steroid dienone is 1. The summed E-state index contributed by atoms with van der Waals surface area (Å²) in [5.74, 6) is 0.663. The highest BCUT2D eigenvalue weighted by molar-refractivity contribution is 5.23. The molecule has 0 bridgehead atoms. The summed E-state index contributed by atoms with van der Waals surface area (Å²) in [6, 6.07) is 10.3. The number of benzene rings is 1. The van der Waals surface area contributed by atoms with Crippen LogP contribution in [0.3, 0.4) is 0 Å². The van der Waals surface area contributed by atoms with E-state index in [1.165, 1.54) is 5.56 Å². The molecule has 152 valence electrons. The number of hydrogen-bond donors (Lipinski definition) is 4. The zero-order valence-electron chi connectivity index (χ0n) is 17.9. The monoisotopic (exact) mass is 372 g/mol. The van der Waals surface area contributed by atoms with Gasteiger partial charge in [0.1, 0.15) is 0 Å². The first-order valence-electron chi connectivity index (χ1n) is 9.58. The summed E-state index contributed by atoms with van der Waals surface area (Å²) in [6.45, 7) is 18.9. The Balaban J connectivity index is 0.00000326. The van der Waals surface area contributed by atoms with E-state index in [0.29, 0.717) is 5.82 Å². The predicted octanol–water partition coefficient (Wildman–Crippen LogP) is 4.07. The smallest absolute Gasteiger partial charge is 0.0965 e. The fourth-order valence-corrected chi connectivity index (χ4v) is 3.10. The Morgan fingerprint density at radius 1 is 1.15 bits per heavy atom.